The van der Waals surface area contributed by atoms with E-state index in [-0.39, 0.29) is 9.81 Å². The predicted molar refractivity (Wildman–Crippen MR) is 38.5 cm³/mol. The first kappa shape index (κ1) is 8.43. The van der Waals surface area contributed by atoms with Gasteiger partial charge in [-0.3, -0.25) is 0 Å². The molecule has 0 aliphatic heterocycles. The van der Waals surface area contributed by atoms with Crippen LogP contribution >= 0.6 is 0 Å². The van der Waals surface area contributed by atoms with Gasteiger partial charge in [-0.1, -0.05) is 13.2 Å². The Balaban J connectivity index is 4.87. The number of allylic oxidation sites excluding steroid dienone is 2. The van der Waals surface area contributed by atoms with Crippen LogP contribution in [0.2, 0.25) is 0 Å². The van der Waals surface area contributed by atoms with Gasteiger partial charge >= 0.3 is 0 Å². The maximum atomic E-state index is 10.8. The maximum absolute atomic E-state index is 10.8. The van der Waals surface area contributed by atoms with E-state index in [1.54, 1.807) is 0 Å². The van der Waals surface area contributed by atoms with Gasteiger partial charge < -0.3 is 0 Å². The van der Waals surface area contributed by atoms with Gasteiger partial charge in [0.2, 0.25) is 0 Å². The topological polar surface area (TPSA) is 34.1 Å². The minimum Gasteiger partial charge on any atom is -0.219 e. The van der Waals surface area contributed by atoms with Gasteiger partial charge in [0, 0.05) is 9.81 Å². The molecule has 0 aliphatic rings. The molecule has 0 unspecified atom stereocenters. The summed E-state index contributed by atoms with van der Waals surface area (Å²) in [5.41, 5.74) is 0. The molecule has 0 heterocycles. The first-order chi connectivity index (χ1) is 3.89. The van der Waals surface area contributed by atoms with Crippen LogP contribution in [0.15, 0.2) is 23.0 Å². The van der Waals surface area contributed by atoms with Crippen LogP contribution in [-0.2, 0) is 9.84 Å². The minimum atomic E-state index is -3.20. The highest BCUT2D eigenvalue weighted by molar-refractivity contribution is 7.98. The van der Waals surface area contributed by atoms with E-state index in [4.69, 9.17) is 0 Å². The zero-order valence-corrected chi connectivity index (χ0v) is 6.46. The van der Waals surface area contributed by atoms with Crippen molar-refractivity contribution in [2.24, 2.45) is 0 Å². The van der Waals surface area contributed by atoms with Crippen molar-refractivity contribution < 1.29 is 8.42 Å². The number of hydrogen-bond acceptors (Lipinski definition) is 2. The third kappa shape index (κ3) is 1.68. The molecule has 0 aromatic heterocycles. The molecule has 52 valence electrons. The first-order valence-corrected chi connectivity index (χ1v) is 3.93. The second-order valence-corrected chi connectivity index (χ2v) is 4.31. The molecule has 0 saturated heterocycles. The van der Waals surface area contributed by atoms with Crippen LogP contribution < -0.4 is 0 Å². The van der Waals surface area contributed by atoms with Gasteiger partial charge in [-0.2, -0.15) is 0 Å². The highest BCUT2D eigenvalue weighted by Crippen LogP contribution is 2.11. The number of sulfone groups is 1. The average Bonchev–Trinajstić information content (AvgIpc) is 1.65. The zero-order valence-electron chi connectivity index (χ0n) is 5.64. The highest BCUT2D eigenvalue weighted by Gasteiger charge is 2.10. The largest absolute Gasteiger partial charge is 0.219 e. The molecule has 0 aromatic carbocycles. The molecule has 0 fully saturated rings. The van der Waals surface area contributed by atoms with Crippen LogP contribution in [0.3, 0.4) is 0 Å². The molecule has 0 bridgehead atoms. The molecule has 0 saturated carbocycles. The minimum absolute atomic E-state index is 0.148. The normalized spacial score (nSPS) is 10.9. The summed E-state index contributed by atoms with van der Waals surface area (Å²) in [6, 6.07) is 0. The van der Waals surface area contributed by atoms with Crippen molar-refractivity contribution in [3.63, 3.8) is 0 Å². The standard InChI is InChI=1S/C6H10O2S/c1-5(2)9(7,8)6(3)4/h1,3H2,2,4H3. The van der Waals surface area contributed by atoms with E-state index in [1.165, 1.54) is 13.8 Å². The summed E-state index contributed by atoms with van der Waals surface area (Å²) in [7, 11) is -3.20. The Morgan fingerprint density at radius 1 is 1.11 bits per heavy atom. The fraction of sp³-hybridized carbons (Fsp3) is 0.333. The van der Waals surface area contributed by atoms with Crippen LogP contribution in [0.1, 0.15) is 13.8 Å². The van der Waals surface area contributed by atoms with Gasteiger partial charge in [0.1, 0.15) is 0 Å². The van der Waals surface area contributed by atoms with E-state index >= 15 is 0 Å². The molecule has 0 aliphatic carbocycles. The lowest BCUT2D eigenvalue weighted by molar-refractivity contribution is 0.608. The molecule has 3 heteroatoms. The smallest absolute Gasteiger partial charge is 0.197 e. The van der Waals surface area contributed by atoms with Crippen molar-refractivity contribution in [3.8, 4) is 0 Å². The lowest BCUT2D eigenvalue weighted by atomic mass is 10.7. The third-order valence-electron chi connectivity index (χ3n) is 0.917. The Labute approximate surface area is 55.8 Å². The molecule has 9 heavy (non-hydrogen) atoms. The summed E-state index contributed by atoms with van der Waals surface area (Å²) in [6.07, 6.45) is 0. The van der Waals surface area contributed by atoms with Crippen LogP contribution in [0.4, 0.5) is 0 Å². The molecule has 0 atom stereocenters. The van der Waals surface area contributed by atoms with E-state index in [2.05, 4.69) is 13.2 Å². The maximum Gasteiger partial charge on any atom is 0.197 e. The predicted octanol–water partition coefficient (Wildman–Crippen LogP) is 1.47. The van der Waals surface area contributed by atoms with Crippen molar-refractivity contribution in [2.75, 3.05) is 0 Å². The first-order valence-electron chi connectivity index (χ1n) is 2.45. The van der Waals surface area contributed by atoms with Gasteiger partial charge in [-0.25, -0.2) is 8.42 Å². The molecular formula is C6H10O2S. The summed E-state index contributed by atoms with van der Waals surface area (Å²) >= 11 is 0. The van der Waals surface area contributed by atoms with E-state index < -0.39 is 9.84 Å². The third-order valence-corrected chi connectivity index (χ3v) is 2.75. The molecule has 2 nitrogen and oxygen atoms in total. The lowest BCUT2D eigenvalue weighted by Crippen LogP contribution is -1.99. The highest BCUT2D eigenvalue weighted by atomic mass is 32.2. The molecule has 0 N–H and O–H groups in total. The van der Waals surface area contributed by atoms with Crippen LogP contribution in [-0.4, -0.2) is 8.42 Å². The van der Waals surface area contributed by atoms with E-state index in [0.29, 0.717) is 0 Å². The zero-order chi connectivity index (χ0) is 7.65. The van der Waals surface area contributed by atoms with Crippen molar-refractivity contribution in [2.45, 2.75) is 13.8 Å². The summed E-state index contributed by atoms with van der Waals surface area (Å²) in [5.74, 6) is 0. The molecule has 0 aromatic rings. The fourth-order valence-electron chi connectivity index (χ4n) is 0.297. The van der Waals surface area contributed by atoms with Crippen LogP contribution in [0.5, 0.6) is 0 Å². The molecular weight excluding hydrogens is 136 g/mol. The van der Waals surface area contributed by atoms with E-state index in [1.807, 2.05) is 0 Å². The second-order valence-electron chi connectivity index (χ2n) is 1.91. The quantitative estimate of drug-likeness (QED) is 0.591. The van der Waals surface area contributed by atoms with Gasteiger partial charge in [-0.05, 0) is 13.8 Å². The van der Waals surface area contributed by atoms with Crippen molar-refractivity contribution in [1.82, 2.24) is 0 Å². The fourth-order valence-corrected chi connectivity index (χ4v) is 0.892. The molecule has 0 amide bonds. The summed E-state index contributed by atoms with van der Waals surface area (Å²) in [6.45, 7) is 9.50. The van der Waals surface area contributed by atoms with Gasteiger partial charge in [-0.15, -0.1) is 0 Å². The Kier molecular flexibility index (Phi) is 2.20. The summed E-state index contributed by atoms with van der Waals surface area (Å²) in [4.78, 5) is 0.296. The van der Waals surface area contributed by atoms with Crippen LogP contribution in [0, 0.1) is 0 Å². The van der Waals surface area contributed by atoms with E-state index in [9.17, 15) is 8.42 Å². The molecule has 0 radical (unpaired) electrons. The van der Waals surface area contributed by atoms with Gasteiger partial charge in [0.15, 0.2) is 9.84 Å². The molecule has 0 spiro atoms. The Bertz CT molecular complexity index is 214. The van der Waals surface area contributed by atoms with Crippen LogP contribution in [0.25, 0.3) is 0 Å². The Hall–Kier alpha value is -0.570. The monoisotopic (exact) mass is 146 g/mol. The summed E-state index contributed by atoms with van der Waals surface area (Å²) in [5, 5.41) is 0. The van der Waals surface area contributed by atoms with Gasteiger partial charge in [0.25, 0.3) is 0 Å². The van der Waals surface area contributed by atoms with Crippen molar-refractivity contribution >= 4 is 9.84 Å². The molecule has 0 rings (SSSR count). The van der Waals surface area contributed by atoms with E-state index in [0.717, 1.165) is 0 Å². The van der Waals surface area contributed by atoms with Gasteiger partial charge in [0.05, 0.1) is 0 Å². The van der Waals surface area contributed by atoms with Crippen molar-refractivity contribution in [3.05, 3.63) is 23.0 Å². The second kappa shape index (κ2) is 2.35. The lowest BCUT2D eigenvalue weighted by Gasteiger charge is -1.98. The summed E-state index contributed by atoms with van der Waals surface area (Å²) < 4.78 is 21.7. The number of hydrogen-bond donors (Lipinski definition) is 0. The SMILES string of the molecule is C=C(C)S(=O)(=O)C(=C)C. The number of rotatable bonds is 2. The Morgan fingerprint density at radius 3 is 1.33 bits per heavy atom. The average molecular weight is 146 g/mol. The Morgan fingerprint density at radius 2 is 1.33 bits per heavy atom. The van der Waals surface area contributed by atoms with Crippen molar-refractivity contribution in [1.29, 1.82) is 0 Å².